The summed E-state index contributed by atoms with van der Waals surface area (Å²) < 4.78 is 69.3. The van der Waals surface area contributed by atoms with Gasteiger partial charge in [-0.1, -0.05) is 72.9 Å². The maximum Gasteiger partial charge on any atom is 0.417 e. The molecule has 1 N–H and O–H groups in total. The minimum absolute atomic E-state index is 0.158. The van der Waals surface area contributed by atoms with E-state index in [2.05, 4.69) is 5.32 Å². The Morgan fingerprint density at radius 1 is 0.952 bits per heavy atom. The molecule has 0 fully saturated rings. The van der Waals surface area contributed by atoms with E-state index in [0.29, 0.717) is 33.9 Å². The van der Waals surface area contributed by atoms with Gasteiger partial charge in [0.15, 0.2) is 0 Å². The zero-order valence-corrected chi connectivity index (χ0v) is 25.2. The van der Waals surface area contributed by atoms with Crippen molar-refractivity contribution in [3.63, 3.8) is 0 Å². The first-order valence-electron chi connectivity index (χ1n) is 13.0. The van der Waals surface area contributed by atoms with Crippen molar-refractivity contribution in [3.05, 3.63) is 94.0 Å². The van der Waals surface area contributed by atoms with E-state index in [4.69, 9.17) is 23.2 Å². The fourth-order valence-corrected chi connectivity index (χ4v) is 5.91. The van der Waals surface area contributed by atoms with Crippen LogP contribution >= 0.6 is 23.2 Å². The molecule has 13 heteroatoms. The SMILES string of the molecule is CCCCNC(=O)[C@H](C)N(Cc1ccccc1Cl)C(=O)CN(c1ccc(Cl)c(C(F)(F)F)c1)S(=O)(=O)c1ccccc1. The number of carbonyl (C=O) groups is 2. The molecule has 1 atom stereocenters. The van der Waals surface area contributed by atoms with E-state index in [1.54, 1.807) is 30.3 Å². The second kappa shape index (κ2) is 14.3. The van der Waals surface area contributed by atoms with Gasteiger partial charge in [0.2, 0.25) is 11.8 Å². The molecule has 0 aromatic heterocycles. The summed E-state index contributed by atoms with van der Waals surface area (Å²) in [5.74, 6) is -1.32. The van der Waals surface area contributed by atoms with E-state index in [9.17, 15) is 31.2 Å². The number of anilines is 1. The Hall–Kier alpha value is -3.28. The maximum atomic E-state index is 13.9. The largest absolute Gasteiger partial charge is 0.417 e. The number of nitrogens with zero attached hydrogens (tertiary/aromatic N) is 2. The monoisotopic (exact) mass is 643 g/mol. The molecule has 42 heavy (non-hydrogen) atoms. The fourth-order valence-electron chi connectivity index (χ4n) is 4.06. The van der Waals surface area contributed by atoms with Crippen LogP contribution in [0.25, 0.3) is 0 Å². The summed E-state index contributed by atoms with van der Waals surface area (Å²) in [6, 6.07) is 15.1. The van der Waals surface area contributed by atoms with E-state index in [1.165, 1.54) is 31.2 Å². The number of nitrogens with one attached hydrogen (secondary N) is 1. The Kier molecular flexibility index (Phi) is 11.3. The van der Waals surface area contributed by atoms with Gasteiger partial charge in [0, 0.05) is 18.1 Å². The van der Waals surface area contributed by atoms with E-state index in [0.717, 1.165) is 23.5 Å². The first-order chi connectivity index (χ1) is 19.8. The van der Waals surface area contributed by atoms with Crippen molar-refractivity contribution in [2.24, 2.45) is 0 Å². The van der Waals surface area contributed by atoms with Gasteiger partial charge in [0.05, 0.1) is 21.2 Å². The lowest BCUT2D eigenvalue weighted by atomic mass is 10.1. The molecular weight excluding hydrogens is 614 g/mol. The van der Waals surface area contributed by atoms with Crippen LogP contribution in [0, 0.1) is 0 Å². The highest BCUT2D eigenvalue weighted by Gasteiger charge is 2.37. The van der Waals surface area contributed by atoms with E-state index in [-0.39, 0.29) is 11.4 Å². The Labute approximate surface area is 253 Å². The highest BCUT2D eigenvalue weighted by molar-refractivity contribution is 7.92. The number of amides is 2. The van der Waals surface area contributed by atoms with Gasteiger partial charge in [-0.15, -0.1) is 0 Å². The van der Waals surface area contributed by atoms with Gasteiger partial charge >= 0.3 is 6.18 Å². The smallest absolute Gasteiger partial charge is 0.354 e. The van der Waals surface area contributed by atoms with Gasteiger partial charge in [0.25, 0.3) is 10.0 Å². The molecule has 0 saturated carbocycles. The van der Waals surface area contributed by atoms with Crippen molar-refractivity contribution in [1.29, 1.82) is 0 Å². The van der Waals surface area contributed by atoms with Crippen molar-refractivity contribution in [2.45, 2.75) is 50.3 Å². The third kappa shape index (κ3) is 8.17. The topological polar surface area (TPSA) is 86.8 Å². The van der Waals surface area contributed by atoms with Crippen LogP contribution in [-0.4, -0.2) is 44.3 Å². The summed E-state index contributed by atoms with van der Waals surface area (Å²) in [6.45, 7) is 2.73. The number of hydrogen-bond donors (Lipinski definition) is 1. The Morgan fingerprint density at radius 3 is 2.21 bits per heavy atom. The molecule has 0 aliphatic carbocycles. The highest BCUT2D eigenvalue weighted by atomic mass is 35.5. The lowest BCUT2D eigenvalue weighted by Gasteiger charge is -2.32. The normalized spacial score (nSPS) is 12.5. The van der Waals surface area contributed by atoms with Gasteiger partial charge in [-0.25, -0.2) is 8.42 Å². The predicted octanol–water partition coefficient (Wildman–Crippen LogP) is 6.54. The second-order valence-corrected chi connectivity index (χ2v) is 12.1. The Balaban J connectivity index is 2.09. The summed E-state index contributed by atoms with van der Waals surface area (Å²) in [7, 11) is -4.55. The zero-order chi connectivity index (χ0) is 31.1. The molecule has 0 bridgehead atoms. The van der Waals surface area contributed by atoms with Crippen molar-refractivity contribution in [3.8, 4) is 0 Å². The number of rotatable bonds is 12. The number of hydrogen-bond acceptors (Lipinski definition) is 4. The van der Waals surface area contributed by atoms with Gasteiger partial charge in [0.1, 0.15) is 12.6 Å². The average Bonchev–Trinajstić information content (AvgIpc) is 2.95. The number of sulfonamides is 1. The van der Waals surface area contributed by atoms with Gasteiger partial charge in [-0.05, 0) is 55.3 Å². The van der Waals surface area contributed by atoms with E-state index >= 15 is 0 Å². The average molecular weight is 645 g/mol. The summed E-state index contributed by atoms with van der Waals surface area (Å²) in [4.78, 5) is 27.8. The molecule has 0 unspecified atom stereocenters. The molecule has 3 rings (SSSR count). The van der Waals surface area contributed by atoms with Crippen LogP contribution in [0.4, 0.5) is 18.9 Å². The predicted molar refractivity (Wildman–Crippen MR) is 157 cm³/mol. The van der Waals surface area contributed by atoms with Crippen LogP contribution in [0.1, 0.15) is 37.8 Å². The summed E-state index contributed by atoms with van der Waals surface area (Å²) in [5.41, 5.74) is -1.20. The molecule has 0 saturated heterocycles. The Morgan fingerprint density at radius 2 is 1.60 bits per heavy atom. The minimum atomic E-state index is -4.89. The van der Waals surface area contributed by atoms with Gasteiger partial charge < -0.3 is 10.2 Å². The molecule has 3 aromatic carbocycles. The molecule has 3 aromatic rings. The van der Waals surface area contributed by atoms with E-state index in [1.807, 2.05) is 6.92 Å². The van der Waals surface area contributed by atoms with E-state index < -0.39 is 56.9 Å². The first kappa shape index (κ1) is 33.2. The number of benzene rings is 3. The van der Waals surface area contributed by atoms with Gasteiger partial charge in [-0.3, -0.25) is 13.9 Å². The maximum absolute atomic E-state index is 13.9. The summed E-state index contributed by atoms with van der Waals surface area (Å²) >= 11 is 12.1. The standard InChI is InChI=1S/C29H30Cl2F3N3O4S/c1-3-4-16-35-28(39)20(2)36(18-21-10-8-9-13-25(21)30)27(38)19-37(42(40,41)23-11-6-5-7-12-23)22-14-15-26(31)24(17-22)29(32,33)34/h5-15,17,20H,3-4,16,18-19H2,1-2H3,(H,35,39)/t20-/m0/s1. The number of unbranched alkanes of at least 4 members (excludes halogenated alkanes) is 1. The minimum Gasteiger partial charge on any atom is -0.354 e. The quantitative estimate of drug-likeness (QED) is 0.227. The zero-order valence-electron chi connectivity index (χ0n) is 22.9. The van der Waals surface area contributed by atoms with Crippen LogP contribution in [0.2, 0.25) is 10.0 Å². The lowest BCUT2D eigenvalue weighted by Crippen LogP contribution is -2.51. The summed E-state index contributed by atoms with van der Waals surface area (Å²) in [5, 5.41) is 2.44. The van der Waals surface area contributed by atoms with Crippen molar-refractivity contribution in [2.75, 3.05) is 17.4 Å². The molecule has 0 aliphatic rings. The van der Waals surface area contributed by atoms with Crippen LogP contribution in [0.15, 0.2) is 77.7 Å². The third-order valence-electron chi connectivity index (χ3n) is 6.45. The second-order valence-electron chi connectivity index (χ2n) is 9.42. The number of carbonyl (C=O) groups excluding carboxylic acids is 2. The van der Waals surface area contributed by atoms with Crippen LogP contribution in [0.5, 0.6) is 0 Å². The molecule has 0 spiro atoms. The van der Waals surface area contributed by atoms with Crippen molar-refractivity contribution < 1.29 is 31.2 Å². The van der Waals surface area contributed by atoms with Crippen molar-refractivity contribution in [1.82, 2.24) is 10.2 Å². The highest BCUT2D eigenvalue weighted by Crippen LogP contribution is 2.38. The van der Waals surface area contributed by atoms with Gasteiger partial charge in [-0.2, -0.15) is 13.2 Å². The molecule has 0 radical (unpaired) electrons. The third-order valence-corrected chi connectivity index (χ3v) is 8.94. The molecule has 0 aliphatic heterocycles. The number of alkyl halides is 3. The molecule has 2 amide bonds. The van der Waals surface area contributed by atoms with Crippen molar-refractivity contribution >= 4 is 50.7 Å². The van der Waals surface area contributed by atoms with Crippen LogP contribution < -0.4 is 9.62 Å². The fraction of sp³-hybridized carbons (Fsp3) is 0.310. The van der Waals surface area contributed by atoms with Crippen LogP contribution in [0.3, 0.4) is 0 Å². The lowest BCUT2D eigenvalue weighted by molar-refractivity contribution is -0.139. The molecular formula is C29H30Cl2F3N3O4S. The molecule has 0 heterocycles. The first-order valence-corrected chi connectivity index (χ1v) is 15.2. The number of halogens is 5. The van der Waals surface area contributed by atoms with Crippen LogP contribution in [-0.2, 0) is 32.3 Å². The molecule has 7 nitrogen and oxygen atoms in total. The Bertz CT molecular complexity index is 1510. The summed E-state index contributed by atoms with van der Waals surface area (Å²) in [6.07, 6.45) is -3.36. The molecule has 226 valence electrons.